The number of allylic oxidation sites excluding steroid dienone is 1. The Balaban J connectivity index is 1.71. The molecule has 2 aromatic rings. The van der Waals surface area contributed by atoms with Crippen LogP contribution in [0.3, 0.4) is 0 Å². The largest absolute Gasteiger partial charge is 0.417 e. The molecule has 0 saturated carbocycles. The molecule has 2 aliphatic rings. The Bertz CT molecular complexity index is 1030. The summed E-state index contributed by atoms with van der Waals surface area (Å²) in [6.45, 7) is 3.95. The number of rotatable bonds is 3. The van der Waals surface area contributed by atoms with Crippen LogP contribution < -0.4 is 5.32 Å². The van der Waals surface area contributed by atoms with E-state index in [9.17, 15) is 13.2 Å². The van der Waals surface area contributed by atoms with Crippen LogP contribution in [-0.2, 0) is 6.18 Å². The molecule has 0 bridgehead atoms. The van der Waals surface area contributed by atoms with Gasteiger partial charge >= 0.3 is 6.18 Å². The molecule has 0 amide bonds. The van der Waals surface area contributed by atoms with Crippen molar-refractivity contribution in [2.24, 2.45) is 4.99 Å². The molecule has 0 spiro atoms. The van der Waals surface area contributed by atoms with Crippen LogP contribution in [0.5, 0.6) is 0 Å². The van der Waals surface area contributed by atoms with Gasteiger partial charge in [0.1, 0.15) is 11.7 Å². The van der Waals surface area contributed by atoms with Crippen LogP contribution in [0.2, 0.25) is 0 Å². The fourth-order valence-corrected chi connectivity index (χ4v) is 3.92. The number of hydrogen-bond donors (Lipinski definition) is 1. The number of nitrogens with one attached hydrogen (secondary N) is 1. The average molecular weight is 397 g/mol. The Hall–Kier alpha value is -2.89. The molecule has 0 radical (unpaired) electrons. The summed E-state index contributed by atoms with van der Waals surface area (Å²) in [6, 6.07) is 9.17. The average Bonchev–Trinajstić information content (AvgIpc) is 3.05. The number of alkyl halides is 3. The van der Waals surface area contributed by atoms with E-state index in [1.54, 1.807) is 12.1 Å². The van der Waals surface area contributed by atoms with Crippen LogP contribution in [0.4, 0.5) is 19.0 Å². The van der Waals surface area contributed by atoms with E-state index < -0.39 is 11.7 Å². The second-order valence-electron chi connectivity index (χ2n) is 7.36. The number of aliphatic imine (C=N–C) groups is 1. The first-order valence-corrected chi connectivity index (χ1v) is 9.77. The molecule has 6 heteroatoms. The van der Waals surface area contributed by atoms with Crippen molar-refractivity contribution >= 4 is 11.7 Å². The first-order chi connectivity index (χ1) is 13.9. The van der Waals surface area contributed by atoms with Gasteiger partial charge < -0.3 is 5.32 Å². The van der Waals surface area contributed by atoms with Gasteiger partial charge in [-0.25, -0.2) is 4.98 Å². The van der Waals surface area contributed by atoms with Crippen molar-refractivity contribution in [3.05, 3.63) is 70.8 Å². The Morgan fingerprint density at radius 3 is 2.72 bits per heavy atom. The van der Waals surface area contributed by atoms with E-state index in [1.165, 1.54) is 23.3 Å². The lowest BCUT2D eigenvalue weighted by Crippen LogP contribution is -2.15. The highest BCUT2D eigenvalue weighted by atomic mass is 19.4. The minimum Gasteiger partial charge on any atom is -0.325 e. The smallest absolute Gasteiger partial charge is 0.325 e. The maximum atomic E-state index is 13.5. The molecule has 0 fully saturated rings. The van der Waals surface area contributed by atoms with E-state index >= 15 is 0 Å². The van der Waals surface area contributed by atoms with Crippen molar-refractivity contribution in [1.82, 2.24) is 4.98 Å². The van der Waals surface area contributed by atoms with Crippen molar-refractivity contribution in [3.8, 4) is 11.3 Å². The fourth-order valence-electron chi connectivity index (χ4n) is 3.92. The zero-order valence-corrected chi connectivity index (χ0v) is 16.3. The van der Waals surface area contributed by atoms with Gasteiger partial charge in [0.2, 0.25) is 0 Å². The molecule has 1 aromatic carbocycles. The van der Waals surface area contributed by atoms with Gasteiger partial charge in [0.05, 0.1) is 17.3 Å². The van der Waals surface area contributed by atoms with Crippen molar-refractivity contribution in [2.45, 2.75) is 45.3 Å². The summed E-state index contributed by atoms with van der Waals surface area (Å²) in [5.41, 5.74) is 2.93. The standard InChI is InChI=1S/C23H22F3N3/c1-3-19-15-8-4-5-9-16(15)22(28-19)29-21-13-14(2)12-20(27-21)17-10-6-7-11-18(17)23(24,25)26/h4,6-8,10-13,19H,3,5,9H2,1-2H3,(H,27,28,29)/t19-/m1/s1. The van der Waals surface area contributed by atoms with Gasteiger partial charge in [-0.2, -0.15) is 13.2 Å². The molecule has 1 atom stereocenters. The minimum absolute atomic E-state index is 0.0760. The van der Waals surface area contributed by atoms with E-state index in [4.69, 9.17) is 4.99 Å². The normalized spacial score (nSPS) is 18.7. The van der Waals surface area contributed by atoms with Crippen LogP contribution in [0.1, 0.15) is 37.3 Å². The summed E-state index contributed by atoms with van der Waals surface area (Å²) in [6.07, 6.45) is 2.63. The third kappa shape index (κ3) is 3.84. The Morgan fingerprint density at radius 2 is 1.97 bits per heavy atom. The highest BCUT2D eigenvalue weighted by Crippen LogP contribution is 2.37. The molecular weight excluding hydrogens is 375 g/mol. The van der Waals surface area contributed by atoms with Gasteiger partial charge in [-0.15, -0.1) is 0 Å². The summed E-state index contributed by atoms with van der Waals surface area (Å²) in [7, 11) is 0. The molecular formula is C23H22F3N3. The lowest BCUT2D eigenvalue weighted by atomic mass is 9.94. The highest BCUT2D eigenvalue weighted by molar-refractivity contribution is 6.10. The van der Waals surface area contributed by atoms with Crippen LogP contribution in [0.25, 0.3) is 11.3 Å². The summed E-state index contributed by atoms with van der Waals surface area (Å²) >= 11 is 0. The molecule has 0 unspecified atom stereocenters. The Morgan fingerprint density at radius 1 is 1.17 bits per heavy atom. The number of hydrogen-bond acceptors (Lipinski definition) is 3. The third-order valence-corrected chi connectivity index (χ3v) is 5.25. The molecule has 1 aromatic heterocycles. The van der Waals surface area contributed by atoms with Crippen LogP contribution in [-0.4, -0.2) is 16.9 Å². The quantitative estimate of drug-likeness (QED) is 0.658. The first-order valence-electron chi connectivity index (χ1n) is 9.77. The van der Waals surface area contributed by atoms with Gasteiger partial charge in [-0.3, -0.25) is 4.99 Å². The van der Waals surface area contributed by atoms with Gasteiger partial charge in [0.25, 0.3) is 0 Å². The summed E-state index contributed by atoms with van der Waals surface area (Å²) in [5, 5.41) is 3.28. The monoisotopic (exact) mass is 397 g/mol. The zero-order chi connectivity index (χ0) is 20.6. The first kappa shape index (κ1) is 19.4. The molecule has 3 nitrogen and oxygen atoms in total. The zero-order valence-electron chi connectivity index (χ0n) is 16.3. The van der Waals surface area contributed by atoms with E-state index in [0.29, 0.717) is 11.5 Å². The Labute approximate surface area is 168 Å². The number of benzene rings is 1. The van der Waals surface area contributed by atoms with Crippen molar-refractivity contribution < 1.29 is 13.2 Å². The van der Waals surface area contributed by atoms with Crippen molar-refractivity contribution in [2.75, 3.05) is 5.32 Å². The fraction of sp³-hybridized carbons (Fsp3) is 0.304. The number of aryl methyl sites for hydroxylation is 1. The van der Waals surface area contributed by atoms with Crippen LogP contribution >= 0.6 is 0 Å². The number of anilines is 1. The molecule has 29 heavy (non-hydrogen) atoms. The number of aromatic nitrogens is 1. The van der Waals surface area contributed by atoms with E-state index in [2.05, 4.69) is 29.4 Å². The summed E-state index contributed by atoms with van der Waals surface area (Å²) in [5.74, 6) is 1.29. The molecule has 2 heterocycles. The highest BCUT2D eigenvalue weighted by Gasteiger charge is 2.34. The lowest BCUT2D eigenvalue weighted by Gasteiger charge is -2.16. The summed E-state index contributed by atoms with van der Waals surface area (Å²) in [4.78, 5) is 9.29. The number of nitrogens with zero attached hydrogens (tertiary/aromatic N) is 2. The van der Waals surface area contributed by atoms with Gasteiger partial charge in [0, 0.05) is 11.1 Å². The van der Waals surface area contributed by atoms with E-state index in [0.717, 1.165) is 36.7 Å². The molecule has 150 valence electrons. The second kappa shape index (κ2) is 7.50. The topological polar surface area (TPSA) is 37.3 Å². The number of halogens is 3. The maximum absolute atomic E-state index is 13.5. The summed E-state index contributed by atoms with van der Waals surface area (Å²) < 4.78 is 40.4. The van der Waals surface area contributed by atoms with Gasteiger partial charge in [0.15, 0.2) is 0 Å². The van der Waals surface area contributed by atoms with E-state index in [1.807, 2.05) is 13.0 Å². The molecule has 0 saturated heterocycles. The minimum atomic E-state index is -4.44. The van der Waals surface area contributed by atoms with E-state index in [-0.39, 0.29) is 11.6 Å². The van der Waals surface area contributed by atoms with Gasteiger partial charge in [-0.1, -0.05) is 37.3 Å². The molecule has 1 N–H and O–H groups in total. The molecule has 1 aliphatic heterocycles. The third-order valence-electron chi connectivity index (χ3n) is 5.25. The van der Waals surface area contributed by atoms with Crippen LogP contribution in [0.15, 0.2) is 64.7 Å². The molecule has 4 rings (SSSR count). The molecule has 1 aliphatic carbocycles. The predicted molar refractivity (Wildman–Crippen MR) is 110 cm³/mol. The number of pyridine rings is 1. The van der Waals surface area contributed by atoms with Crippen molar-refractivity contribution in [3.63, 3.8) is 0 Å². The number of amidine groups is 1. The SMILES string of the molecule is CC[C@H]1N=C(Nc2cc(C)cc(-c3ccccc3C(F)(F)F)n2)C2=C1C=CCC2. The predicted octanol–water partition coefficient (Wildman–Crippen LogP) is 6.33. The van der Waals surface area contributed by atoms with Gasteiger partial charge in [-0.05, 0) is 55.5 Å². The Kier molecular flexibility index (Phi) is 5.03. The maximum Gasteiger partial charge on any atom is 0.417 e. The van der Waals surface area contributed by atoms with Crippen LogP contribution in [0, 0.1) is 6.92 Å². The lowest BCUT2D eigenvalue weighted by molar-refractivity contribution is -0.137. The van der Waals surface area contributed by atoms with Crippen molar-refractivity contribution in [1.29, 1.82) is 0 Å². The second-order valence-corrected chi connectivity index (χ2v) is 7.36.